The lowest BCUT2D eigenvalue weighted by Gasteiger charge is -2.49. The van der Waals surface area contributed by atoms with Gasteiger partial charge in [-0.05, 0) is 70.4 Å². The quantitative estimate of drug-likeness (QED) is 0.495. The lowest BCUT2D eigenvalue weighted by atomic mass is 9.79. The van der Waals surface area contributed by atoms with Gasteiger partial charge in [-0.1, -0.05) is 0 Å². The summed E-state index contributed by atoms with van der Waals surface area (Å²) in [4.78, 5) is 5.86. The minimum atomic E-state index is -4.99. The predicted octanol–water partition coefficient (Wildman–Crippen LogP) is 4.49. The second-order valence-corrected chi connectivity index (χ2v) is 10.3. The number of hydrogen-bond donors (Lipinski definition) is 3. The fourth-order valence-electron chi connectivity index (χ4n) is 4.96. The van der Waals surface area contributed by atoms with E-state index in [1.165, 1.54) is 31.6 Å². The Morgan fingerprint density at radius 2 is 1.83 bits per heavy atom. The Morgan fingerprint density at radius 1 is 1.19 bits per heavy atom. The van der Waals surface area contributed by atoms with Gasteiger partial charge in [-0.15, -0.1) is 23.4 Å². The van der Waals surface area contributed by atoms with Gasteiger partial charge in [0.1, 0.15) is 17.2 Å². The van der Waals surface area contributed by atoms with Crippen molar-refractivity contribution in [3.8, 4) is 22.8 Å². The first-order chi connectivity index (χ1) is 16.6. The molecule has 196 valence electrons. The van der Waals surface area contributed by atoms with E-state index in [1.54, 1.807) is 6.07 Å². The molecule has 3 rings (SSSR count). The molecule has 4 N–H and O–H groups in total. The van der Waals surface area contributed by atoms with E-state index < -0.39 is 17.9 Å². The fourth-order valence-corrected chi connectivity index (χ4v) is 4.96. The van der Waals surface area contributed by atoms with Crippen LogP contribution in [0.3, 0.4) is 0 Å². The zero-order valence-electron chi connectivity index (χ0n) is 21.3. The third kappa shape index (κ3) is 6.45. The van der Waals surface area contributed by atoms with Gasteiger partial charge in [-0.25, -0.2) is 0 Å². The molecule has 1 fully saturated rings. The lowest BCUT2D eigenvalue weighted by molar-refractivity contribution is -0.274. The SMILES string of the molecule is CN=CC(=CN)c1cc(O)c(-c2ccc(N(C)C3CC(C)(C)NC(C)(C)C3)nn2)c(OC(F)(F)F)c1. The molecule has 1 aliphatic heterocycles. The molecule has 0 saturated carbocycles. The molecule has 0 atom stereocenters. The second kappa shape index (κ2) is 9.96. The van der Waals surface area contributed by atoms with E-state index in [0.29, 0.717) is 11.4 Å². The van der Waals surface area contributed by atoms with Crippen LogP contribution in [0.25, 0.3) is 16.8 Å². The summed E-state index contributed by atoms with van der Waals surface area (Å²) < 4.78 is 43.9. The number of alkyl halides is 3. The standard InChI is InChI=1S/C25H33F3N6O2/c1-23(2)11-17(12-24(3,4)33-23)34(6)21-8-7-18(31-32-21)22-19(35)9-15(16(13-29)14-30-5)10-20(22)36-25(26,27)28/h7-10,13-14,17,33,35H,11-12,29H2,1-6H3. The largest absolute Gasteiger partial charge is 0.573 e. The van der Waals surface area contributed by atoms with E-state index in [1.807, 2.05) is 11.9 Å². The van der Waals surface area contributed by atoms with E-state index in [-0.39, 0.29) is 33.9 Å². The third-order valence-electron chi connectivity index (χ3n) is 6.07. The highest BCUT2D eigenvalue weighted by Gasteiger charge is 2.39. The number of nitrogens with two attached hydrogens (primary N) is 1. The normalized spacial score (nSPS) is 18.4. The van der Waals surface area contributed by atoms with Crippen LogP contribution in [0.2, 0.25) is 0 Å². The smallest absolute Gasteiger partial charge is 0.507 e. The fraction of sp³-hybridized carbons (Fsp3) is 0.480. The molecule has 0 bridgehead atoms. The number of rotatable bonds is 6. The Bertz CT molecular complexity index is 1130. The molecule has 1 saturated heterocycles. The van der Waals surface area contributed by atoms with Gasteiger partial charge in [0.05, 0.1) is 5.56 Å². The zero-order chi connectivity index (χ0) is 26.9. The monoisotopic (exact) mass is 506 g/mol. The highest BCUT2D eigenvalue weighted by molar-refractivity contribution is 6.10. The molecule has 1 aliphatic rings. The minimum absolute atomic E-state index is 0.0313. The molecule has 0 radical (unpaired) electrons. The molecule has 0 unspecified atom stereocenters. The molecule has 36 heavy (non-hydrogen) atoms. The highest BCUT2D eigenvalue weighted by atomic mass is 19.4. The van der Waals surface area contributed by atoms with Gasteiger partial charge in [-0.2, -0.15) is 0 Å². The minimum Gasteiger partial charge on any atom is -0.507 e. The molecule has 11 heteroatoms. The van der Waals surface area contributed by atoms with E-state index in [9.17, 15) is 18.3 Å². The molecule has 1 aromatic carbocycles. The zero-order valence-corrected chi connectivity index (χ0v) is 21.3. The van der Waals surface area contributed by atoms with Crippen molar-refractivity contribution in [2.24, 2.45) is 10.7 Å². The van der Waals surface area contributed by atoms with Crippen molar-refractivity contribution in [1.29, 1.82) is 0 Å². The molecule has 2 heterocycles. The summed E-state index contributed by atoms with van der Waals surface area (Å²) in [6.07, 6.45) is -0.708. The number of aromatic nitrogens is 2. The van der Waals surface area contributed by atoms with Crippen molar-refractivity contribution in [1.82, 2.24) is 15.5 Å². The van der Waals surface area contributed by atoms with Crippen molar-refractivity contribution in [2.75, 3.05) is 19.0 Å². The number of nitrogens with one attached hydrogen (secondary N) is 1. The maximum atomic E-state index is 13.2. The molecule has 0 amide bonds. The van der Waals surface area contributed by atoms with Gasteiger partial charge in [0.25, 0.3) is 0 Å². The Balaban J connectivity index is 1.99. The Labute approximate surface area is 209 Å². The molecular weight excluding hydrogens is 473 g/mol. The van der Waals surface area contributed by atoms with Gasteiger partial charge < -0.3 is 25.8 Å². The summed E-state index contributed by atoms with van der Waals surface area (Å²) in [5.74, 6) is -0.523. The van der Waals surface area contributed by atoms with Gasteiger partial charge in [0, 0.05) is 49.2 Å². The third-order valence-corrected chi connectivity index (χ3v) is 6.07. The number of benzene rings is 1. The number of hydrogen-bond acceptors (Lipinski definition) is 8. The topological polar surface area (TPSA) is 109 Å². The summed E-state index contributed by atoms with van der Waals surface area (Å²) in [6.45, 7) is 8.59. The average Bonchev–Trinajstić information content (AvgIpc) is 2.73. The van der Waals surface area contributed by atoms with Crippen molar-refractivity contribution >= 4 is 17.6 Å². The number of phenolic OH excluding ortho intramolecular Hbond substituents is 1. The van der Waals surface area contributed by atoms with Crippen LogP contribution in [-0.4, -0.2) is 59.1 Å². The first-order valence-electron chi connectivity index (χ1n) is 11.5. The van der Waals surface area contributed by atoms with Gasteiger partial charge >= 0.3 is 6.36 Å². The molecule has 2 aromatic rings. The van der Waals surface area contributed by atoms with Crippen molar-refractivity contribution < 1.29 is 23.0 Å². The Hall–Kier alpha value is -3.34. The number of piperidine rings is 1. The van der Waals surface area contributed by atoms with Crippen LogP contribution >= 0.6 is 0 Å². The van der Waals surface area contributed by atoms with Crippen LogP contribution < -0.4 is 20.7 Å². The van der Waals surface area contributed by atoms with Crippen LogP contribution in [0.1, 0.15) is 46.1 Å². The first kappa shape index (κ1) is 27.3. The Morgan fingerprint density at radius 3 is 2.33 bits per heavy atom. The molecule has 0 spiro atoms. The van der Waals surface area contributed by atoms with E-state index in [2.05, 4.69) is 52.9 Å². The number of halogens is 3. The van der Waals surface area contributed by atoms with E-state index in [4.69, 9.17) is 5.73 Å². The second-order valence-electron chi connectivity index (χ2n) is 10.3. The van der Waals surface area contributed by atoms with Crippen LogP contribution in [0.4, 0.5) is 19.0 Å². The van der Waals surface area contributed by atoms with Crippen molar-refractivity contribution in [3.63, 3.8) is 0 Å². The summed E-state index contributed by atoms with van der Waals surface area (Å²) in [7, 11) is 3.41. The number of nitrogens with zero attached hydrogens (tertiary/aromatic N) is 4. The van der Waals surface area contributed by atoms with Gasteiger partial charge in [-0.3, -0.25) is 4.99 Å². The molecule has 8 nitrogen and oxygen atoms in total. The summed E-state index contributed by atoms with van der Waals surface area (Å²) >= 11 is 0. The maximum Gasteiger partial charge on any atom is 0.573 e. The number of aliphatic imine (C=N–C) groups is 1. The lowest BCUT2D eigenvalue weighted by Crippen LogP contribution is -2.62. The number of aromatic hydroxyl groups is 1. The van der Waals surface area contributed by atoms with Crippen molar-refractivity contribution in [3.05, 3.63) is 36.0 Å². The van der Waals surface area contributed by atoms with E-state index in [0.717, 1.165) is 18.9 Å². The number of ether oxygens (including phenoxy) is 1. The maximum absolute atomic E-state index is 13.2. The number of allylic oxidation sites excluding steroid dienone is 1. The van der Waals surface area contributed by atoms with Gasteiger partial charge in [0.15, 0.2) is 5.82 Å². The molecule has 1 aromatic heterocycles. The van der Waals surface area contributed by atoms with Crippen LogP contribution in [0.15, 0.2) is 35.5 Å². The number of anilines is 1. The first-order valence-corrected chi connectivity index (χ1v) is 11.5. The highest BCUT2D eigenvalue weighted by Crippen LogP contribution is 2.42. The summed E-state index contributed by atoms with van der Waals surface area (Å²) in [5.41, 5.74) is 5.73. The molecule has 0 aliphatic carbocycles. The van der Waals surface area contributed by atoms with Crippen LogP contribution in [0.5, 0.6) is 11.5 Å². The van der Waals surface area contributed by atoms with E-state index >= 15 is 0 Å². The number of phenols is 1. The average molecular weight is 507 g/mol. The molecular formula is C25H33F3N6O2. The predicted molar refractivity (Wildman–Crippen MR) is 135 cm³/mol. The van der Waals surface area contributed by atoms with Crippen LogP contribution in [0, 0.1) is 0 Å². The van der Waals surface area contributed by atoms with Gasteiger partial charge in [0.2, 0.25) is 0 Å². The van der Waals surface area contributed by atoms with Crippen molar-refractivity contribution in [2.45, 2.75) is 64.0 Å². The van der Waals surface area contributed by atoms with Crippen LogP contribution in [-0.2, 0) is 0 Å². The summed E-state index contributed by atoms with van der Waals surface area (Å²) in [5, 5.41) is 22.7. The summed E-state index contributed by atoms with van der Waals surface area (Å²) in [6, 6.07) is 5.77. The Kier molecular flexibility index (Phi) is 7.54.